The summed E-state index contributed by atoms with van der Waals surface area (Å²) in [4.78, 5) is 41.6. The molecule has 0 aliphatic carbocycles. The van der Waals surface area contributed by atoms with Crippen molar-refractivity contribution in [3.05, 3.63) is 154 Å². The largest absolute Gasteiger partial charge is 0.461 e. The van der Waals surface area contributed by atoms with Gasteiger partial charge in [0.15, 0.2) is 11.4 Å². The van der Waals surface area contributed by atoms with Crippen molar-refractivity contribution in [1.82, 2.24) is 0 Å². The van der Waals surface area contributed by atoms with Crippen LogP contribution in [0.2, 0.25) is 0 Å². The highest BCUT2D eigenvalue weighted by atomic mass is 16.5. The van der Waals surface area contributed by atoms with E-state index < -0.39 is 5.92 Å². The highest BCUT2D eigenvalue weighted by molar-refractivity contribution is 5.74. The fourth-order valence-electron chi connectivity index (χ4n) is 4.46. The Labute approximate surface area is 269 Å². The fraction of sp³-hybridized carbons (Fsp3) is 0.237. The Hall–Kier alpha value is -5.57. The maximum Gasteiger partial charge on any atom is 0.306 e. The van der Waals surface area contributed by atoms with Crippen molar-refractivity contribution < 1.29 is 29.0 Å². The third-order valence-electron chi connectivity index (χ3n) is 6.97. The summed E-state index contributed by atoms with van der Waals surface area (Å²) in [6, 6.07) is 33.1. The molecule has 0 spiro atoms. The molecule has 0 radical (unpaired) electrons. The number of rotatable bonds is 14. The second-order valence-electron chi connectivity index (χ2n) is 10.6. The molecule has 0 aliphatic rings. The van der Waals surface area contributed by atoms with Crippen molar-refractivity contribution in [2.24, 2.45) is 11.8 Å². The van der Waals surface area contributed by atoms with Gasteiger partial charge in [0.2, 0.25) is 0 Å². The number of ether oxygens (including phenoxy) is 2. The number of benzene rings is 4. The van der Waals surface area contributed by atoms with Gasteiger partial charge in [0.1, 0.15) is 19.5 Å². The van der Waals surface area contributed by atoms with Crippen molar-refractivity contribution in [1.29, 1.82) is 0 Å². The van der Waals surface area contributed by atoms with E-state index >= 15 is 0 Å². The maximum atomic E-state index is 11.9. The minimum absolute atomic E-state index is 0.0565. The summed E-state index contributed by atoms with van der Waals surface area (Å²) in [7, 11) is 0. The topological polar surface area (TPSA) is 98.6 Å². The number of hydrogen-bond donors (Lipinski definition) is 1. The van der Waals surface area contributed by atoms with Crippen molar-refractivity contribution in [3.8, 4) is 0 Å². The van der Waals surface area contributed by atoms with Crippen LogP contribution in [0.4, 0.5) is 11.4 Å². The number of esters is 2. The van der Waals surface area contributed by atoms with Crippen LogP contribution < -0.4 is 0 Å². The highest BCUT2D eigenvalue weighted by Crippen LogP contribution is 2.19. The lowest BCUT2D eigenvalue weighted by atomic mass is 9.97. The second-order valence-corrected chi connectivity index (χ2v) is 10.6. The first-order chi connectivity index (χ1) is 22.4. The monoisotopic (exact) mass is 616 g/mol. The fourth-order valence-corrected chi connectivity index (χ4v) is 4.46. The van der Waals surface area contributed by atoms with E-state index in [0.29, 0.717) is 24.2 Å². The normalized spacial score (nSPS) is 11.4. The molecule has 2 atom stereocenters. The van der Waals surface area contributed by atoms with E-state index in [4.69, 9.17) is 22.6 Å². The van der Waals surface area contributed by atoms with Gasteiger partial charge in [-0.15, -0.1) is 0 Å². The van der Waals surface area contributed by atoms with Crippen molar-refractivity contribution in [2.45, 2.75) is 38.9 Å². The van der Waals surface area contributed by atoms with E-state index in [2.05, 4.69) is 9.69 Å². The molecule has 234 valence electrons. The smallest absolute Gasteiger partial charge is 0.306 e. The lowest BCUT2D eigenvalue weighted by molar-refractivity contribution is -0.147. The van der Waals surface area contributed by atoms with Crippen LogP contribution in [0.5, 0.6) is 0 Å². The lowest BCUT2D eigenvalue weighted by Gasteiger charge is -2.14. The molecule has 46 heavy (non-hydrogen) atoms. The summed E-state index contributed by atoms with van der Waals surface area (Å²) in [6.07, 6.45) is 2.05. The Morgan fingerprint density at radius 1 is 0.630 bits per heavy atom. The molecule has 4 rings (SSSR count). The first kappa shape index (κ1) is 34.9. The standard InChI is InChI=1S/C19H19NO3.C19H17NO3/c2*1-20-18-9-7-15(8-10-18)11-17(13-21)12-19(22)23-14-16-5-3-2-4-6-16/h2-10,17,21H,11-14H2;2-10,13,17H,11-12,14H2/t2*17-/m11/s1. The average molecular weight is 617 g/mol. The summed E-state index contributed by atoms with van der Waals surface area (Å²) < 4.78 is 10.4. The van der Waals surface area contributed by atoms with Crippen molar-refractivity contribution in [2.75, 3.05) is 6.61 Å². The molecule has 8 nitrogen and oxygen atoms in total. The Bertz CT molecular complexity index is 1590. The average Bonchev–Trinajstić information content (AvgIpc) is 3.11. The molecule has 0 bridgehead atoms. The first-order valence-corrected chi connectivity index (χ1v) is 14.8. The Morgan fingerprint density at radius 3 is 1.48 bits per heavy atom. The minimum atomic E-state index is -0.419. The van der Waals surface area contributed by atoms with E-state index in [-0.39, 0.29) is 50.5 Å². The van der Waals surface area contributed by atoms with Crippen LogP contribution in [0.1, 0.15) is 35.1 Å². The molecular weight excluding hydrogens is 580 g/mol. The molecule has 8 heteroatoms. The van der Waals surface area contributed by atoms with Gasteiger partial charge in [-0.05, 0) is 35.4 Å². The predicted octanol–water partition coefficient (Wildman–Crippen LogP) is 7.25. The van der Waals surface area contributed by atoms with Gasteiger partial charge in [0.05, 0.1) is 26.0 Å². The van der Waals surface area contributed by atoms with Crippen LogP contribution in [0.25, 0.3) is 9.69 Å². The molecule has 0 heterocycles. The van der Waals surface area contributed by atoms with E-state index in [0.717, 1.165) is 28.5 Å². The molecule has 0 aromatic heterocycles. The van der Waals surface area contributed by atoms with Crippen LogP contribution >= 0.6 is 0 Å². The number of carbonyl (C=O) groups excluding carboxylic acids is 3. The quantitative estimate of drug-likeness (QED) is 0.0911. The van der Waals surface area contributed by atoms with E-state index in [1.54, 1.807) is 36.4 Å². The first-order valence-electron chi connectivity index (χ1n) is 14.8. The molecule has 0 aliphatic heterocycles. The van der Waals surface area contributed by atoms with Gasteiger partial charge in [-0.25, -0.2) is 9.69 Å². The zero-order valence-electron chi connectivity index (χ0n) is 25.5. The number of hydrogen-bond acceptors (Lipinski definition) is 6. The number of nitrogens with zero attached hydrogens (tertiary/aromatic N) is 2. The van der Waals surface area contributed by atoms with Crippen LogP contribution in [-0.4, -0.2) is 29.9 Å². The SMILES string of the molecule is [C-]#[N+]c1ccc(C[C@@H](C=O)CC(=O)OCc2ccccc2)cc1.[C-]#[N+]c1ccc(C[C@@H](CO)CC(=O)OCc2ccccc2)cc1. The maximum absolute atomic E-state index is 11.9. The summed E-state index contributed by atoms with van der Waals surface area (Å²) in [5.74, 6) is -1.30. The van der Waals surface area contributed by atoms with Crippen LogP contribution in [-0.2, 0) is 49.9 Å². The van der Waals surface area contributed by atoms with Gasteiger partial charge in [-0.3, -0.25) is 9.59 Å². The molecule has 0 saturated heterocycles. The Morgan fingerprint density at radius 2 is 1.07 bits per heavy atom. The van der Waals surface area contributed by atoms with Crippen molar-refractivity contribution >= 4 is 29.6 Å². The van der Waals surface area contributed by atoms with Gasteiger partial charge in [-0.2, -0.15) is 0 Å². The Balaban J connectivity index is 0.000000250. The molecule has 1 N–H and O–H groups in total. The predicted molar refractivity (Wildman–Crippen MR) is 175 cm³/mol. The second kappa shape index (κ2) is 19.7. The van der Waals surface area contributed by atoms with E-state index in [1.807, 2.05) is 72.8 Å². The number of aliphatic hydroxyl groups excluding tert-OH is 1. The molecule has 0 saturated carbocycles. The molecule has 0 amide bonds. The number of aliphatic hydroxyl groups is 1. The third-order valence-corrected chi connectivity index (χ3v) is 6.97. The van der Waals surface area contributed by atoms with E-state index in [9.17, 15) is 19.5 Å². The van der Waals surface area contributed by atoms with Crippen LogP contribution in [0.15, 0.2) is 109 Å². The van der Waals surface area contributed by atoms with Gasteiger partial charge < -0.3 is 19.4 Å². The van der Waals surface area contributed by atoms with E-state index in [1.165, 1.54) is 0 Å². The van der Waals surface area contributed by atoms with Gasteiger partial charge in [0.25, 0.3) is 0 Å². The highest BCUT2D eigenvalue weighted by Gasteiger charge is 2.16. The van der Waals surface area contributed by atoms with Crippen molar-refractivity contribution in [3.63, 3.8) is 0 Å². The van der Waals surface area contributed by atoms with Gasteiger partial charge in [-0.1, -0.05) is 115 Å². The van der Waals surface area contributed by atoms with Crippen LogP contribution in [0, 0.1) is 25.0 Å². The number of aldehydes is 1. The lowest BCUT2D eigenvalue weighted by Crippen LogP contribution is -2.17. The van der Waals surface area contributed by atoms with Gasteiger partial charge >= 0.3 is 11.9 Å². The molecular formula is C38H36N2O6. The summed E-state index contributed by atoms with van der Waals surface area (Å²) >= 11 is 0. The zero-order chi connectivity index (χ0) is 33.0. The third kappa shape index (κ3) is 13.0. The zero-order valence-corrected chi connectivity index (χ0v) is 25.5. The molecule has 4 aromatic carbocycles. The summed E-state index contributed by atoms with van der Waals surface area (Å²) in [5.41, 5.74) is 4.90. The molecule has 4 aromatic rings. The minimum Gasteiger partial charge on any atom is -0.461 e. The van der Waals surface area contributed by atoms with Crippen LogP contribution in [0.3, 0.4) is 0 Å². The molecule has 0 fully saturated rings. The Kier molecular flexibility index (Phi) is 14.9. The summed E-state index contributed by atoms with van der Waals surface area (Å²) in [5, 5.41) is 9.47. The molecule has 0 unspecified atom stereocenters. The summed E-state index contributed by atoms with van der Waals surface area (Å²) in [6.45, 7) is 14.2. The number of carbonyl (C=O) groups is 3. The van der Waals surface area contributed by atoms with Gasteiger partial charge in [0, 0.05) is 12.5 Å².